The normalized spacial score (nSPS) is 15.0. The van der Waals surface area contributed by atoms with Gasteiger partial charge >= 0.3 is 5.97 Å². The van der Waals surface area contributed by atoms with Gasteiger partial charge in [0, 0.05) is 38.6 Å². The predicted molar refractivity (Wildman–Crippen MR) is 102 cm³/mol. The van der Waals surface area contributed by atoms with Gasteiger partial charge in [0.05, 0.1) is 18.9 Å². The van der Waals surface area contributed by atoms with Crippen molar-refractivity contribution in [3.8, 4) is 0 Å². The molecular formula is C19H16Cl2N2O2. The largest absolute Gasteiger partial charge is 0.463 e. The molecule has 1 aliphatic heterocycles. The van der Waals surface area contributed by atoms with Gasteiger partial charge < -0.3 is 10.1 Å². The number of carbonyl (C=O) groups excluding carboxylic acids is 1. The van der Waals surface area contributed by atoms with Crippen LogP contribution in [0.2, 0.25) is 10.0 Å². The fraction of sp³-hybridized carbons (Fsp3) is 0.158. The summed E-state index contributed by atoms with van der Waals surface area (Å²) in [6.07, 6.45) is 1.42. The molecule has 1 aliphatic rings. The van der Waals surface area contributed by atoms with Crippen molar-refractivity contribution in [3.63, 3.8) is 0 Å². The van der Waals surface area contributed by atoms with Gasteiger partial charge in [0.15, 0.2) is 0 Å². The number of fused-ring (bicyclic) bond motifs is 1. The molecule has 1 heterocycles. The minimum absolute atomic E-state index is 0.297. The lowest BCUT2D eigenvalue weighted by atomic mass is 10.0. The van der Waals surface area contributed by atoms with Crippen LogP contribution in [0, 0.1) is 0 Å². The zero-order valence-electron chi connectivity index (χ0n) is 13.6. The van der Waals surface area contributed by atoms with Crippen LogP contribution in [0.5, 0.6) is 0 Å². The quantitative estimate of drug-likeness (QED) is 0.625. The van der Waals surface area contributed by atoms with Crippen molar-refractivity contribution in [1.29, 1.82) is 0 Å². The number of carbonyl (C=O) groups is 1. The Hall–Kier alpha value is -2.30. The first kappa shape index (κ1) is 17.5. The minimum atomic E-state index is -0.406. The molecule has 0 aliphatic carbocycles. The molecule has 128 valence electrons. The third-order valence-corrected chi connectivity index (χ3v) is 4.21. The van der Waals surface area contributed by atoms with Gasteiger partial charge in [-0.25, -0.2) is 4.79 Å². The SMILES string of the molecule is CCOC(=O)C=C1CN=C(c2ccccc2Cl)c2cc(Cl)ccc2N1. The lowest BCUT2D eigenvalue weighted by Gasteiger charge is -2.12. The highest BCUT2D eigenvalue weighted by molar-refractivity contribution is 6.36. The first-order valence-corrected chi connectivity index (χ1v) is 8.57. The molecule has 0 saturated heterocycles. The van der Waals surface area contributed by atoms with Crippen LogP contribution >= 0.6 is 23.2 Å². The van der Waals surface area contributed by atoms with Crippen LogP contribution in [-0.4, -0.2) is 24.8 Å². The molecule has 0 saturated carbocycles. The maximum atomic E-state index is 11.8. The number of ether oxygens (including phenoxy) is 1. The number of nitrogens with one attached hydrogen (secondary N) is 1. The van der Waals surface area contributed by atoms with Gasteiger partial charge in [0.25, 0.3) is 0 Å². The van der Waals surface area contributed by atoms with E-state index in [0.717, 1.165) is 22.5 Å². The summed E-state index contributed by atoms with van der Waals surface area (Å²) < 4.78 is 4.98. The number of aliphatic imine (C=N–C) groups is 1. The second kappa shape index (κ2) is 7.72. The number of anilines is 1. The van der Waals surface area contributed by atoms with Crippen molar-refractivity contribution in [3.05, 3.63) is 75.4 Å². The Kier molecular flexibility index (Phi) is 5.41. The maximum absolute atomic E-state index is 11.8. The first-order chi connectivity index (χ1) is 12.1. The molecule has 1 N–H and O–H groups in total. The summed E-state index contributed by atoms with van der Waals surface area (Å²) in [6, 6.07) is 13.0. The molecule has 2 aromatic rings. The van der Waals surface area contributed by atoms with Gasteiger partial charge in [-0.2, -0.15) is 0 Å². The molecule has 4 nitrogen and oxygen atoms in total. The van der Waals surface area contributed by atoms with Crippen LogP contribution in [-0.2, 0) is 9.53 Å². The van der Waals surface area contributed by atoms with E-state index in [1.54, 1.807) is 13.0 Å². The highest BCUT2D eigenvalue weighted by Crippen LogP contribution is 2.30. The average molecular weight is 375 g/mol. The van der Waals surface area contributed by atoms with E-state index < -0.39 is 5.97 Å². The Morgan fingerprint density at radius 2 is 2.04 bits per heavy atom. The molecular weight excluding hydrogens is 359 g/mol. The number of benzene rings is 2. The zero-order chi connectivity index (χ0) is 17.8. The summed E-state index contributed by atoms with van der Waals surface area (Å²) in [6.45, 7) is 2.39. The Balaban J connectivity index is 2.10. The van der Waals surface area contributed by atoms with Gasteiger partial charge in [-0.15, -0.1) is 0 Å². The van der Waals surface area contributed by atoms with Crippen molar-refractivity contribution < 1.29 is 9.53 Å². The van der Waals surface area contributed by atoms with Gasteiger partial charge in [0.2, 0.25) is 0 Å². The third-order valence-electron chi connectivity index (χ3n) is 3.65. The molecule has 0 spiro atoms. The molecule has 0 atom stereocenters. The standard InChI is InChI=1S/C19H16Cl2N2O2/c1-2-25-18(24)10-13-11-22-19(14-5-3-4-6-16(14)21)15-9-12(20)7-8-17(15)23-13/h3-10,23H,2,11H2,1H3. The van der Waals surface area contributed by atoms with Gasteiger partial charge in [-0.1, -0.05) is 41.4 Å². The van der Waals surface area contributed by atoms with E-state index in [9.17, 15) is 4.79 Å². The molecule has 0 radical (unpaired) electrons. The molecule has 0 amide bonds. The second-order valence-corrected chi connectivity index (χ2v) is 6.22. The Labute approximate surface area is 156 Å². The molecule has 25 heavy (non-hydrogen) atoms. The van der Waals surface area contributed by atoms with E-state index in [4.69, 9.17) is 27.9 Å². The summed E-state index contributed by atoms with van der Waals surface area (Å²) in [5, 5.41) is 4.44. The number of rotatable bonds is 3. The molecule has 3 rings (SSSR count). The van der Waals surface area contributed by atoms with E-state index in [-0.39, 0.29) is 0 Å². The van der Waals surface area contributed by atoms with Crippen LogP contribution in [0.3, 0.4) is 0 Å². The van der Waals surface area contributed by atoms with E-state index >= 15 is 0 Å². The molecule has 2 aromatic carbocycles. The van der Waals surface area contributed by atoms with Crippen LogP contribution < -0.4 is 5.32 Å². The number of nitrogens with zero attached hydrogens (tertiary/aromatic N) is 1. The number of hydrogen-bond donors (Lipinski definition) is 1. The highest BCUT2D eigenvalue weighted by atomic mass is 35.5. The summed E-state index contributed by atoms with van der Waals surface area (Å²) >= 11 is 12.5. The van der Waals surface area contributed by atoms with Gasteiger partial charge in [0.1, 0.15) is 0 Å². The van der Waals surface area contributed by atoms with Gasteiger partial charge in [-0.05, 0) is 31.2 Å². The fourth-order valence-electron chi connectivity index (χ4n) is 2.57. The Bertz CT molecular complexity index is 875. The van der Waals surface area contributed by atoms with Gasteiger partial charge in [-0.3, -0.25) is 4.99 Å². The zero-order valence-corrected chi connectivity index (χ0v) is 15.1. The average Bonchev–Trinajstić information content (AvgIpc) is 2.75. The monoisotopic (exact) mass is 374 g/mol. The number of hydrogen-bond acceptors (Lipinski definition) is 4. The van der Waals surface area contributed by atoms with E-state index in [1.165, 1.54) is 6.08 Å². The van der Waals surface area contributed by atoms with Crippen LogP contribution in [0.15, 0.2) is 59.2 Å². The van der Waals surface area contributed by atoms with Crippen LogP contribution in [0.25, 0.3) is 0 Å². The number of halogens is 2. The maximum Gasteiger partial charge on any atom is 0.332 e. The van der Waals surface area contributed by atoms with E-state index in [2.05, 4.69) is 10.3 Å². The molecule has 0 fully saturated rings. The number of benzodiazepines with no additional fused rings is 1. The topological polar surface area (TPSA) is 50.7 Å². The van der Waals surface area contributed by atoms with Crippen LogP contribution in [0.1, 0.15) is 18.1 Å². The summed E-state index contributed by atoms with van der Waals surface area (Å²) in [5.74, 6) is -0.406. The van der Waals surface area contributed by atoms with E-state index in [1.807, 2.05) is 36.4 Å². The summed E-state index contributed by atoms with van der Waals surface area (Å²) in [4.78, 5) is 16.4. The van der Waals surface area contributed by atoms with Crippen molar-refractivity contribution >= 4 is 40.6 Å². The Morgan fingerprint density at radius 3 is 2.80 bits per heavy atom. The van der Waals surface area contributed by atoms with Crippen molar-refractivity contribution in [2.45, 2.75) is 6.92 Å². The lowest BCUT2D eigenvalue weighted by molar-refractivity contribution is -0.137. The van der Waals surface area contributed by atoms with Crippen molar-refractivity contribution in [2.24, 2.45) is 4.99 Å². The minimum Gasteiger partial charge on any atom is -0.463 e. The van der Waals surface area contributed by atoms with Crippen molar-refractivity contribution in [1.82, 2.24) is 0 Å². The first-order valence-electron chi connectivity index (χ1n) is 7.82. The van der Waals surface area contributed by atoms with Crippen molar-refractivity contribution in [2.75, 3.05) is 18.5 Å². The second-order valence-electron chi connectivity index (χ2n) is 5.38. The summed E-state index contributed by atoms with van der Waals surface area (Å²) in [5.41, 5.74) is 3.81. The third kappa shape index (κ3) is 4.03. The molecule has 0 aromatic heterocycles. The smallest absolute Gasteiger partial charge is 0.332 e. The molecule has 6 heteroatoms. The summed E-state index contributed by atoms with van der Waals surface area (Å²) in [7, 11) is 0. The van der Waals surface area contributed by atoms with Crippen LogP contribution in [0.4, 0.5) is 5.69 Å². The fourth-order valence-corrected chi connectivity index (χ4v) is 2.97. The molecule has 0 unspecified atom stereocenters. The molecule has 0 bridgehead atoms. The highest BCUT2D eigenvalue weighted by Gasteiger charge is 2.19. The van der Waals surface area contributed by atoms with E-state index in [0.29, 0.717) is 28.9 Å². The predicted octanol–water partition coefficient (Wildman–Crippen LogP) is 4.70. The Morgan fingerprint density at radius 1 is 1.24 bits per heavy atom. The number of esters is 1. The lowest BCUT2D eigenvalue weighted by Crippen LogP contribution is -2.08.